The van der Waals surface area contributed by atoms with Gasteiger partial charge in [0.05, 0.1) is 12.5 Å². The molecule has 29 heavy (non-hydrogen) atoms. The molecule has 0 aromatic heterocycles. The molecule has 2 amide bonds. The number of amides is 2. The van der Waals surface area contributed by atoms with Crippen LogP contribution in [0.3, 0.4) is 0 Å². The minimum Gasteiger partial charge on any atom is -0.491 e. The average Bonchev–Trinajstić information content (AvgIpc) is 2.72. The summed E-state index contributed by atoms with van der Waals surface area (Å²) in [6, 6.07) is 3.14. The van der Waals surface area contributed by atoms with Crippen LogP contribution < -0.4 is 10.1 Å². The zero-order valence-corrected chi connectivity index (χ0v) is 17.2. The van der Waals surface area contributed by atoms with Crippen molar-refractivity contribution in [1.82, 2.24) is 10.2 Å². The Labute approximate surface area is 171 Å². The first-order chi connectivity index (χ1) is 14.0. The highest BCUT2D eigenvalue weighted by Crippen LogP contribution is 2.19. The van der Waals surface area contributed by atoms with Crippen molar-refractivity contribution in [2.75, 3.05) is 26.2 Å². The molecule has 1 aliphatic heterocycles. The Hall–Kier alpha value is -2.18. The van der Waals surface area contributed by atoms with E-state index >= 15 is 0 Å². The van der Waals surface area contributed by atoms with Gasteiger partial charge in [0.1, 0.15) is 5.82 Å². The number of carbonyl (C=O) groups is 2. The van der Waals surface area contributed by atoms with E-state index in [0.29, 0.717) is 26.1 Å². The number of hydrogen-bond donors (Lipinski definition) is 1. The van der Waals surface area contributed by atoms with Crippen LogP contribution in [0.25, 0.3) is 0 Å². The minimum atomic E-state index is -0.754. The molecule has 1 aromatic carbocycles. The standard InChI is InChI=1S/C22H32F2N2O3/c1-2-3-4-5-12-25-22(28)17-8-6-13-26(16-17)21(27)9-7-14-29-20-11-10-18(23)15-19(20)24/h10-11,15,17H,2-9,12-14,16H2,1H3,(H,25,28). The Bertz CT molecular complexity index is 669. The lowest BCUT2D eigenvalue weighted by molar-refractivity contribution is -0.135. The van der Waals surface area contributed by atoms with Crippen molar-refractivity contribution in [3.63, 3.8) is 0 Å². The Kier molecular flexibility index (Phi) is 9.88. The summed E-state index contributed by atoms with van der Waals surface area (Å²) < 4.78 is 31.7. The molecule has 0 radical (unpaired) electrons. The molecule has 1 unspecified atom stereocenters. The van der Waals surface area contributed by atoms with Gasteiger partial charge in [-0.15, -0.1) is 0 Å². The molecule has 1 fully saturated rings. The van der Waals surface area contributed by atoms with Crippen LogP contribution in [0, 0.1) is 17.6 Å². The molecule has 5 nitrogen and oxygen atoms in total. The molecule has 2 rings (SSSR count). The predicted octanol–water partition coefficient (Wildman–Crippen LogP) is 4.06. The van der Waals surface area contributed by atoms with E-state index in [2.05, 4.69) is 12.2 Å². The average molecular weight is 411 g/mol. The van der Waals surface area contributed by atoms with Crippen molar-refractivity contribution in [3.05, 3.63) is 29.8 Å². The third-order valence-electron chi connectivity index (χ3n) is 5.16. The van der Waals surface area contributed by atoms with Crippen LogP contribution in [0.15, 0.2) is 18.2 Å². The smallest absolute Gasteiger partial charge is 0.224 e. The van der Waals surface area contributed by atoms with Crippen LogP contribution in [-0.2, 0) is 9.59 Å². The fourth-order valence-electron chi connectivity index (χ4n) is 3.48. The van der Waals surface area contributed by atoms with E-state index in [1.807, 2.05) is 0 Å². The lowest BCUT2D eigenvalue weighted by Gasteiger charge is -2.32. The van der Waals surface area contributed by atoms with Crippen LogP contribution in [0.5, 0.6) is 5.75 Å². The van der Waals surface area contributed by atoms with Crippen LogP contribution in [-0.4, -0.2) is 43.0 Å². The Balaban J connectivity index is 1.67. The van der Waals surface area contributed by atoms with Crippen molar-refractivity contribution >= 4 is 11.8 Å². The highest BCUT2D eigenvalue weighted by atomic mass is 19.1. The van der Waals surface area contributed by atoms with Gasteiger partial charge >= 0.3 is 0 Å². The first-order valence-electron chi connectivity index (χ1n) is 10.6. The lowest BCUT2D eigenvalue weighted by atomic mass is 9.96. The van der Waals surface area contributed by atoms with Crippen LogP contribution in [0.1, 0.15) is 58.3 Å². The Morgan fingerprint density at radius 1 is 1.21 bits per heavy atom. The minimum absolute atomic E-state index is 0.0198. The van der Waals surface area contributed by atoms with E-state index in [4.69, 9.17) is 4.74 Å². The highest BCUT2D eigenvalue weighted by molar-refractivity contribution is 5.81. The van der Waals surface area contributed by atoms with Crippen molar-refractivity contribution in [1.29, 1.82) is 0 Å². The van der Waals surface area contributed by atoms with Crippen LogP contribution in [0.2, 0.25) is 0 Å². The summed E-state index contributed by atoms with van der Waals surface area (Å²) in [5.41, 5.74) is 0. The molecular formula is C22H32F2N2O3. The number of piperidine rings is 1. The number of nitrogens with one attached hydrogen (secondary N) is 1. The number of carbonyl (C=O) groups excluding carboxylic acids is 2. The topological polar surface area (TPSA) is 58.6 Å². The molecule has 0 aliphatic carbocycles. The second-order valence-electron chi connectivity index (χ2n) is 7.56. The second-order valence-corrected chi connectivity index (χ2v) is 7.56. The quantitative estimate of drug-likeness (QED) is 0.560. The van der Waals surface area contributed by atoms with Crippen LogP contribution in [0.4, 0.5) is 8.78 Å². The van der Waals surface area contributed by atoms with Crippen molar-refractivity contribution < 1.29 is 23.1 Å². The molecule has 162 valence electrons. The first kappa shape index (κ1) is 23.1. The van der Waals surface area contributed by atoms with E-state index in [1.165, 1.54) is 12.5 Å². The largest absolute Gasteiger partial charge is 0.491 e. The first-order valence-corrected chi connectivity index (χ1v) is 10.6. The number of unbranched alkanes of at least 4 members (excludes halogenated alkanes) is 3. The van der Waals surface area contributed by atoms with Crippen molar-refractivity contribution in [2.45, 2.75) is 58.3 Å². The SMILES string of the molecule is CCCCCCNC(=O)C1CCCN(C(=O)CCCOc2ccc(F)cc2F)C1. The number of halogens is 2. The molecule has 1 atom stereocenters. The van der Waals surface area contributed by atoms with Gasteiger partial charge in [0.15, 0.2) is 11.6 Å². The molecule has 1 aromatic rings. The predicted molar refractivity (Wildman–Crippen MR) is 108 cm³/mol. The Morgan fingerprint density at radius 3 is 2.79 bits per heavy atom. The van der Waals surface area contributed by atoms with Gasteiger partial charge in [0.25, 0.3) is 0 Å². The summed E-state index contributed by atoms with van der Waals surface area (Å²) in [6.07, 6.45) is 6.78. The fraction of sp³-hybridized carbons (Fsp3) is 0.636. The number of benzene rings is 1. The number of likely N-dealkylation sites (tertiary alicyclic amines) is 1. The summed E-state index contributed by atoms with van der Waals surface area (Å²) in [4.78, 5) is 26.5. The molecule has 1 N–H and O–H groups in total. The molecule has 7 heteroatoms. The zero-order valence-electron chi connectivity index (χ0n) is 17.2. The van der Waals surface area contributed by atoms with E-state index in [-0.39, 0.29) is 36.5 Å². The van der Waals surface area contributed by atoms with Gasteiger partial charge in [-0.3, -0.25) is 9.59 Å². The summed E-state index contributed by atoms with van der Waals surface area (Å²) in [5.74, 6) is -1.57. The summed E-state index contributed by atoms with van der Waals surface area (Å²) >= 11 is 0. The van der Waals surface area contributed by atoms with Crippen LogP contribution >= 0.6 is 0 Å². The summed E-state index contributed by atoms with van der Waals surface area (Å²) in [7, 11) is 0. The number of rotatable bonds is 11. The monoisotopic (exact) mass is 410 g/mol. The third kappa shape index (κ3) is 7.99. The molecular weight excluding hydrogens is 378 g/mol. The van der Waals surface area contributed by atoms with E-state index in [0.717, 1.165) is 44.2 Å². The summed E-state index contributed by atoms with van der Waals surface area (Å²) in [6.45, 7) is 4.13. The Morgan fingerprint density at radius 2 is 2.03 bits per heavy atom. The van der Waals surface area contributed by atoms with Gasteiger partial charge in [-0.25, -0.2) is 8.78 Å². The molecule has 0 bridgehead atoms. The second kappa shape index (κ2) is 12.4. The van der Waals surface area contributed by atoms with Gasteiger partial charge in [-0.2, -0.15) is 0 Å². The van der Waals surface area contributed by atoms with Gasteiger partial charge < -0.3 is 15.0 Å². The zero-order chi connectivity index (χ0) is 21.1. The number of hydrogen-bond acceptors (Lipinski definition) is 3. The maximum atomic E-state index is 13.5. The van der Waals surface area contributed by atoms with Crippen molar-refractivity contribution in [3.8, 4) is 5.75 Å². The normalized spacial score (nSPS) is 16.5. The van der Waals surface area contributed by atoms with Gasteiger partial charge in [-0.05, 0) is 37.8 Å². The third-order valence-corrected chi connectivity index (χ3v) is 5.16. The summed E-state index contributed by atoms with van der Waals surface area (Å²) in [5, 5.41) is 2.99. The van der Waals surface area contributed by atoms with Crippen molar-refractivity contribution in [2.24, 2.45) is 5.92 Å². The molecule has 1 saturated heterocycles. The fourth-order valence-corrected chi connectivity index (χ4v) is 3.48. The maximum Gasteiger partial charge on any atom is 0.224 e. The van der Waals surface area contributed by atoms with Gasteiger partial charge in [0.2, 0.25) is 11.8 Å². The molecule has 1 heterocycles. The maximum absolute atomic E-state index is 13.5. The molecule has 1 aliphatic rings. The highest BCUT2D eigenvalue weighted by Gasteiger charge is 2.27. The van der Waals surface area contributed by atoms with E-state index < -0.39 is 11.6 Å². The molecule has 0 spiro atoms. The lowest BCUT2D eigenvalue weighted by Crippen LogP contribution is -2.45. The van der Waals surface area contributed by atoms with Gasteiger partial charge in [0, 0.05) is 32.1 Å². The van der Waals surface area contributed by atoms with E-state index in [9.17, 15) is 18.4 Å². The number of nitrogens with zero attached hydrogens (tertiary/aromatic N) is 1. The number of ether oxygens (including phenoxy) is 1. The molecule has 0 saturated carbocycles. The van der Waals surface area contributed by atoms with Gasteiger partial charge in [-0.1, -0.05) is 26.2 Å². The van der Waals surface area contributed by atoms with E-state index in [1.54, 1.807) is 4.90 Å².